The molecule has 21 heavy (non-hydrogen) atoms. The number of rotatable bonds is 3. The van der Waals surface area contributed by atoms with Gasteiger partial charge in [0.15, 0.2) is 0 Å². The Morgan fingerprint density at radius 2 is 2.10 bits per heavy atom. The van der Waals surface area contributed by atoms with Crippen molar-refractivity contribution in [2.75, 3.05) is 12.0 Å². The Labute approximate surface area is 123 Å². The molecule has 2 rings (SSSR count). The second-order valence-electron chi connectivity index (χ2n) is 4.28. The Bertz CT molecular complexity index is 677. The number of aryl methyl sites for hydroxylation is 1. The van der Waals surface area contributed by atoms with Crippen LogP contribution in [-0.2, 0) is 6.18 Å². The van der Waals surface area contributed by atoms with Crippen LogP contribution in [0.5, 0.6) is 0 Å². The van der Waals surface area contributed by atoms with Crippen LogP contribution in [0, 0.1) is 6.92 Å². The number of anilines is 1. The minimum atomic E-state index is -4.44. The molecule has 8 heteroatoms. The Kier molecular flexibility index (Phi) is 4.26. The van der Waals surface area contributed by atoms with E-state index in [-0.39, 0.29) is 11.5 Å². The lowest BCUT2D eigenvalue weighted by molar-refractivity contribution is -0.137. The number of benzene rings is 1. The predicted octanol–water partition coefficient (Wildman–Crippen LogP) is 3.40. The highest BCUT2D eigenvalue weighted by molar-refractivity contribution is 7.98. The number of nitrogens with two attached hydrogens (primary N) is 1. The monoisotopic (exact) mass is 314 g/mol. The molecule has 0 unspecified atom stereocenters. The largest absolute Gasteiger partial charge is 0.417 e. The number of hydrogen-bond acceptors (Lipinski definition) is 4. The van der Waals surface area contributed by atoms with Crippen molar-refractivity contribution in [1.82, 2.24) is 9.66 Å². The van der Waals surface area contributed by atoms with Gasteiger partial charge in [0.05, 0.1) is 23.7 Å². The first-order valence-electron chi connectivity index (χ1n) is 5.92. The summed E-state index contributed by atoms with van der Waals surface area (Å²) in [7, 11) is 0. The number of imidazole rings is 1. The van der Waals surface area contributed by atoms with E-state index < -0.39 is 11.7 Å². The summed E-state index contributed by atoms with van der Waals surface area (Å²) in [6.45, 7) is 1.72. The normalized spacial score (nSPS) is 12.2. The third-order valence-corrected chi connectivity index (χ3v) is 3.45. The molecule has 0 saturated heterocycles. The summed E-state index contributed by atoms with van der Waals surface area (Å²) in [5.41, 5.74) is 5.47. The topological polar surface area (TPSA) is 56.2 Å². The average Bonchev–Trinajstić information content (AvgIpc) is 2.73. The number of aromatic nitrogens is 2. The number of nitrogen functional groups attached to an aromatic ring is 1. The first-order valence-corrected chi connectivity index (χ1v) is 7.15. The second-order valence-corrected chi connectivity index (χ2v) is 5.16. The molecule has 4 nitrogen and oxygen atoms in total. The molecule has 0 amide bonds. The molecule has 0 bridgehead atoms. The van der Waals surface area contributed by atoms with Crippen LogP contribution in [-0.4, -0.2) is 22.1 Å². The zero-order chi connectivity index (χ0) is 15.6. The van der Waals surface area contributed by atoms with Crippen LogP contribution >= 0.6 is 11.8 Å². The van der Waals surface area contributed by atoms with Crippen molar-refractivity contribution in [3.05, 3.63) is 41.2 Å². The molecular weight excluding hydrogens is 301 g/mol. The van der Waals surface area contributed by atoms with E-state index in [1.807, 2.05) is 0 Å². The van der Waals surface area contributed by atoms with Crippen molar-refractivity contribution in [1.29, 1.82) is 0 Å². The van der Waals surface area contributed by atoms with Gasteiger partial charge in [-0.2, -0.15) is 18.3 Å². The molecule has 2 N–H and O–H groups in total. The van der Waals surface area contributed by atoms with Crippen molar-refractivity contribution < 1.29 is 13.2 Å². The highest BCUT2D eigenvalue weighted by Gasteiger charge is 2.33. The van der Waals surface area contributed by atoms with Crippen LogP contribution in [0.4, 0.5) is 19.1 Å². The zero-order valence-corrected chi connectivity index (χ0v) is 12.2. The molecule has 0 atom stereocenters. The van der Waals surface area contributed by atoms with Crippen LogP contribution in [0.25, 0.3) is 0 Å². The van der Waals surface area contributed by atoms with Crippen LogP contribution in [0.1, 0.15) is 16.8 Å². The van der Waals surface area contributed by atoms with Crippen LogP contribution in [0.15, 0.2) is 34.4 Å². The van der Waals surface area contributed by atoms with Gasteiger partial charge in [0.1, 0.15) is 0 Å². The lowest BCUT2D eigenvalue weighted by Gasteiger charge is -2.11. The summed E-state index contributed by atoms with van der Waals surface area (Å²) in [4.78, 5) is 4.46. The van der Waals surface area contributed by atoms with Crippen molar-refractivity contribution in [2.24, 2.45) is 5.10 Å². The Morgan fingerprint density at radius 1 is 1.38 bits per heavy atom. The summed E-state index contributed by atoms with van der Waals surface area (Å²) in [5.74, 6) is 0.123. The Morgan fingerprint density at radius 3 is 2.62 bits per heavy atom. The fourth-order valence-electron chi connectivity index (χ4n) is 1.74. The van der Waals surface area contributed by atoms with E-state index in [9.17, 15) is 13.2 Å². The molecule has 0 saturated carbocycles. The van der Waals surface area contributed by atoms with Crippen molar-refractivity contribution in [3.8, 4) is 0 Å². The summed E-state index contributed by atoms with van der Waals surface area (Å²) >= 11 is 1.25. The van der Waals surface area contributed by atoms with Crippen LogP contribution < -0.4 is 5.73 Å². The number of hydrogen-bond donors (Lipinski definition) is 1. The van der Waals surface area contributed by atoms with Gasteiger partial charge in [-0.25, -0.2) is 9.66 Å². The molecule has 112 valence electrons. The van der Waals surface area contributed by atoms with Gasteiger partial charge in [0.2, 0.25) is 5.95 Å². The molecular formula is C13H13F3N4S. The third-order valence-electron chi connectivity index (χ3n) is 2.72. The lowest BCUT2D eigenvalue weighted by Crippen LogP contribution is -2.09. The third kappa shape index (κ3) is 3.57. The van der Waals surface area contributed by atoms with Crippen molar-refractivity contribution in [3.63, 3.8) is 0 Å². The number of nitrogens with zero attached hydrogens (tertiary/aromatic N) is 3. The number of thioether (sulfide) groups is 1. The van der Waals surface area contributed by atoms with Gasteiger partial charge < -0.3 is 5.73 Å². The summed E-state index contributed by atoms with van der Waals surface area (Å²) in [6, 6.07) is 4.11. The van der Waals surface area contributed by atoms with Gasteiger partial charge in [-0.15, -0.1) is 11.8 Å². The molecule has 1 aromatic heterocycles. The molecule has 2 aromatic rings. The van der Waals surface area contributed by atoms with E-state index in [0.29, 0.717) is 10.6 Å². The lowest BCUT2D eigenvalue weighted by atomic mass is 10.1. The van der Waals surface area contributed by atoms with Gasteiger partial charge in [-0.1, -0.05) is 6.07 Å². The maximum absolute atomic E-state index is 13.1. The molecule has 0 fully saturated rings. The highest BCUT2D eigenvalue weighted by Crippen LogP contribution is 2.33. The second kappa shape index (κ2) is 5.80. The smallest absolute Gasteiger partial charge is 0.368 e. The SMILES string of the molecule is CSc1ccc(C=Nn2cc(C)nc2N)c(C(F)(F)F)c1. The van der Waals surface area contributed by atoms with Gasteiger partial charge in [-0.3, -0.25) is 0 Å². The molecule has 0 spiro atoms. The van der Waals surface area contributed by atoms with E-state index >= 15 is 0 Å². The van der Waals surface area contributed by atoms with Gasteiger partial charge in [0.25, 0.3) is 0 Å². The highest BCUT2D eigenvalue weighted by atomic mass is 32.2. The average molecular weight is 314 g/mol. The Hall–Kier alpha value is -1.96. The van der Waals surface area contributed by atoms with Crippen LogP contribution in [0.3, 0.4) is 0 Å². The molecule has 0 radical (unpaired) electrons. The molecule has 0 aliphatic rings. The maximum atomic E-state index is 13.1. The molecule has 0 aliphatic carbocycles. The number of halogens is 3. The fourth-order valence-corrected chi connectivity index (χ4v) is 2.18. The van der Waals surface area contributed by atoms with E-state index in [1.54, 1.807) is 19.2 Å². The zero-order valence-electron chi connectivity index (χ0n) is 11.3. The van der Waals surface area contributed by atoms with E-state index in [4.69, 9.17) is 5.73 Å². The standard InChI is InChI=1S/C13H13F3N4S/c1-8-7-20(12(17)19-8)18-6-9-3-4-10(21-2)5-11(9)13(14,15)16/h3-7H,1-2H3,(H2,17,19). The van der Waals surface area contributed by atoms with E-state index in [1.165, 1.54) is 28.7 Å². The quantitative estimate of drug-likeness (QED) is 0.698. The first kappa shape index (κ1) is 15.4. The van der Waals surface area contributed by atoms with E-state index in [2.05, 4.69) is 10.1 Å². The maximum Gasteiger partial charge on any atom is 0.417 e. The van der Waals surface area contributed by atoms with Crippen molar-refractivity contribution >= 4 is 23.9 Å². The molecule has 1 heterocycles. The number of alkyl halides is 3. The van der Waals surface area contributed by atoms with E-state index in [0.717, 1.165) is 12.3 Å². The summed E-state index contributed by atoms with van der Waals surface area (Å²) in [5, 5.41) is 3.92. The van der Waals surface area contributed by atoms with Gasteiger partial charge >= 0.3 is 6.18 Å². The Balaban J connectivity index is 2.42. The molecule has 0 aliphatic heterocycles. The van der Waals surface area contributed by atoms with Gasteiger partial charge in [-0.05, 0) is 25.3 Å². The summed E-state index contributed by atoms with van der Waals surface area (Å²) in [6.07, 6.45) is -0.0541. The summed E-state index contributed by atoms with van der Waals surface area (Å²) < 4.78 is 40.4. The van der Waals surface area contributed by atoms with Crippen molar-refractivity contribution in [2.45, 2.75) is 18.0 Å². The van der Waals surface area contributed by atoms with Crippen LogP contribution in [0.2, 0.25) is 0 Å². The minimum Gasteiger partial charge on any atom is -0.368 e. The first-order chi connectivity index (χ1) is 9.81. The predicted molar refractivity (Wildman–Crippen MR) is 77.6 cm³/mol. The fraction of sp³-hybridized carbons (Fsp3) is 0.231. The van der Waals surface area contributed by atoms with Gasteiger partial charge in [0, 0.05) is 10.5 Å². The molecule has 1 aromatic carbocycles. The minimum absolute atomic E-state index is 0.0222.